The van der Waals surface area contributed by atoms with E-state index in [9.17, 15) is 0 Å². The van der Waals surface area contributed by atoms with Crippen LogP contribution in [0.1, 0.15) is 13.8 Å². The highest BCUT2D eigenvalue weighted by Gasteiger charge is 2.16. The topological polar surface area (TPSA) is 57.2 Å². The quantitative estimate of drug-likeness (QED) is 0.697. The fourth-order valence-electron chi connectivity index (χ4n) is 1.26. The van der Waals surface area contributed by atoms with Crippen LogP contribution in [0.5, 0.6) is 0 Å². The van der Waals surface area contributed by atoms with Crippen molar-refractivity contribution in [3.8, 4) is 0 Å². The van der Waals surface area contributed by atoms with Gasteiger partial charge in [-0.15, -0.1) is 0 Å². The molecule has 0 aromatic rings. The van der Waals surface area contributed by atoms with Crippen molar-refractivity contribution in [2.45, 2.75) is 20.0 Å². The molecule has 106 valence electrons. The molecule has 0 atom stereocenters. The van der Waals surface area contributed by atoms with Crippen LogP contribution in [0.25, 0.3) is 0 Å². The van der Waals surface area contributed by atoms with E-state index in [4.69, 9.17) is 14.6 Å². The Labute approximate surface area is 105 Å². The van der Waals surface area contributed by atoms with Crippen LogP contribution in [0.3, 0.4) is 0 Å². The van der Waals surface area contributed by atoms with Crippen LogP contribution in [-0.2, 0) is 18.9 Å². The Balaban J connectivity index is 0. The Morgan fingerprint density at radius 2 is 1.18 bits per heavy atom. The minimum absolute atomic E-state index is 0.156. The Morgan fingerprint density at radius 1 is 0.824 bits per heavy atom. The number of hydrogen-bond acceptors (Lipinski definition) is 5. The summed E-state index contributed by atoms with van der Waals surface area (Å²) in [5.41, 5.74) is 0.156. The standard InChI is InChI=1S/C7H16O2.C5H12O3/c1-7(2,5-8-3)6-9-4;1-7-3-5(6)4-8-2/h5-6H2,1-4H3;5-6H,3-4H2,1-2H3. The third-order valence-electron chi connectivity index (χ3n) is 1.79. The van der Waals surface area contributed by atoms with Gasteiger partial charge in [-0.3, -0.25) is 0 Å². The number of aliphatic hydroxyl groups is 1. The third-order valence-corrected chi connectivity index (χ3v) is 1.79. The van der Waals surface area contributed by atoms with Gasteiger partial charge < -0.3 is 24.1 Å². The molecule has 0 bridgehead atoms. The molecule has 5 heteroatoms. The Morgan fingerprint density at radius 3 is 1.41 bits per heavy atom. The van der Waals surface area contributed by atoms with E-state index in [0.717, 1.165) is 13.2 Å². The van der Waals surface area contributed by atoms with Crippen molar-refractivity contribution >= 4 is 0 Å². The molecule has 0 rings (SSSR count). The lowest BCUT2D eigenvalue weighted by Crippen LogP contribution is -2.23. The van der Waals surface area contributed by atoms with E-state index in [0.29, 0.717) is 13.2 Å². The number of ether oxygens (including phenoxy) is 4. The predicted octanol–water partition coefficient (Wildman–Crippen LogP) is 0.945. The average molecular weight is 252 g/mol. The van der Waals surface area contributed by atoms with Gasteiger partial charge in [0, 0.05) is 33.9 Å². The molecule has 0 unspecified atom stereocenters. The van der Waals surface area contributed by atoms with Crippen molar-refractivity contribution in [2.24, 2.45) is 5.41 Å². The van der Waals surface area contributed by atoms with E-state index >= 15 is 0 Å². The summed E-state index contributed by atoms with van der Waals surface area (Å²) in [5, 5.41) is 8.80. The summed E-state index contributed by atoms with van der Waals surface area (Å²) < 4.78 is 19.2. The van der Waals surface area contributed by atoms with E-state index < -0.39 is 6.10 Å². The largest absolute Gasteiger partial charge is 0.388 e. The first-order valence-electron chi connectivity index (χ1n) is 5.57. The van der Waals surface area contributed by atoms with Crippen LogP contribution in [-0.4, -0.2) is 66.1 Å². The normalized spacial score (nSPS) is 11.3. The third kappa shape index (κ3) is 15.8. The second kappa shape index (κ2) is 12.3. The number of aliphatic hydroxyl groups excluding tert-OH is 1. The maximum Gasteiger partial charge on any atom is 0.101 e. The van der Waals surface area contributed by atoms with Crippen molar-refractivity contribution in [1.29, 1.82) is 0 Å². The van der Waals surface area contributed by atoms with Gasteiger partial charge in [0.15, 0.2) is 0 Å². The van der Waals surface area contributed by atoms with E-state index in [2.05, 4.69) is 23.3 Å². The van der Waals surface area contributed by atoms with Gasteiger partial charge in [-0.1, -0.05) is 13.8 Å². The number of rotatable bonds is 8. The first kappa shape index (κ1) is 19.1. The monoisotopic (exact) mass is 252 g/mol. The second-order valence-electron chi connectivity index (χ2n) is 4.59. The lowest BCUT2D eigenvalue weighted by Gasteiger charge is -2.21. The first-order chi connectivity index (χ1) is 7.93. The second-order valence-corrected chi connectivity index (χ2v) is 4.59. The molecule has 0 saturated heterocycles. The maximum absolute atomic E-state index is 8.80. The molecule has 0 saturated carbocycles. The van der Waals surface area contributed by atoms with E-state index in [-0.39, 0.29) is 5.41 Å². The zero-order valence-corrected chi connectivity index (χ0v) is 12.0. The Kier molecular flexibility index (Phi) is 13.8. The van der Waals surface area contributed by atoms with Gasteiger partial charge >= 0.3 is 0 Å². The van der Waals surface area contributed by atoms with Crippen molar-refractivity contribution in [1.82, 2.24) is 0 Å². The molecule has 1 N–H and O–H groups in total. The summed E-state index contributed by atoms with van der Waals surface area (Å²) in [6.45, 7) is 6.41. The summed E-state index contributed by atoms with van der Waals surface area (Å²) in [6, 6.07) is 0. The van der Waals surface area contributed by atoms with Gasteiger partial charge in [0.05, 0.1) is 26.4 Å². The summed E-state index contributed by atoms with van der Waals surface area (Å²) >= 11 is 0. The SMILES string of the molecule is COCC(C)(C)COC.COCC(O)COC. The van der Waals surface area contributed by atoms with Gasteiger partial charge in [0.25, 0.3) is 0 Å². The first-order valence-corrected chi connectivity index (χ1v) is 5.57. The Hall–Kier alpha value is -0.200. The molecule has 5 nitrogen and oxygen atoms in total. The maximum atomic E-state index is 8.80. The molecule has 0 spiro atoms. The molecule has 0 amide bonds. The van der Waals surface area contributed by atoms with Crippen molar-refractivity contribution in [2.75, 3.05) is 54.9 Å². The van der Waals surface area contributed by atoms with Crippen LogP contribution >= 0.6 is 0 Å². The minimum Gasteiger partial charge on any atom is -0.388 e. The fraction of sp³-hybridized carbons (Fsp3) is 1.00. The van der Waals surface area contributed by atoms with Crippen LogP contribution in [0, 0.1) is 5.41 Å². The Bertz CT molecular complexity index is 136. The molecule has 0 aromatic heterocycles. The molecule has 0 aromatic carbocycles. The van der Waals surface area contributed by atoms with Crippen LogP contribution < -0.4 is 0 Å². The molecule has 0 aliphatic heterocycles. The van der Waals surface area contributed by atoms with Crippen molar-refractivity contribution in [3.05, 3.63) is 0 Å². The fourth-order valence-corrected chi connectivity index (χ4v) is 1.26. The van der Waals surface area contributed by atoms with Crippen LogP contribution in [0.2, 0.25) is 0 Å². The molecular formula is C12H28O5. The van der Waals surface area contributed by atoms with Gasteiger partial charge in [-0.25, -0.2) is 0 Å². The van der Waals surface area contributed by atoms with Crippen LogP contribution in [0.4, 0.5) is 0 Å². The summed E-state index contributed by atoms with van der Waals surface area (Å²) in [5.74, 6) is 0. The molecule has 17 heavy (non-hydrogen) atoms. The summed E-state index contributed by atoms with van der Waals surface area (Å²) in [6.07, 6.45) is -0.481. The summed E-state index contributed by atoms with van der Waals surface area (Å²) in [7, 11) is 6.49. The number of hydrogen-bond donors (Lipinski definition) is 1. The van der Waals surface area contributed by atoms with Crippen LogP contribution in [0.15, 0.2) is 0 Å². The molecule has 0 aliphatic carbocycles. The van der Waals surface area contributed by atoms with E-state index in [1.54, 1.807) is 28.4 Å². The predicted molar refractivity (Wildman–Crippen MR) is 67.3 cm³/mol. The zero-order valence-electron chi connectivity index (χ0n) is 12.0. The van der Waals surface area contributed by atoms with Gasteiger partial charge in [0.1, 0.15) is 6.10 Å². The van der Waals surface area contributed by atoms with E-state index in [1.807, 2.05) is 0 Å². The highest BCUT2D eigenvalue weighted by atomic mass is 16.5. The molecule has 0 heterocycles. The molecule has 0 fully saturated rings. The minimum atomic E-state index is -0.481. The lowest BCUT2D eigenvalue weighted by molar-refractivity contribution is 0.00980. The molecular weight excluding hydrogens is 224 g/mol. The average Bonchev–Trinajstić information content (AvgIpc) is 2.18. The smallest absolute Gasteiger partial charge is 0.101 e. The van der Waals surface area contributed by atoms with Gasteiger partial charge in [-0.2, -0.15) is 0 Å². The van der Waals surface area contributed by atoms with Crippen molar-refractivity contribution < 1.29 is 24.1 Å². The highest BCUT2D eigenvalue weighted by molar-refractivity contribution is 4.65. The zero-order chi connectivity index (χ0) is 13.7. The van der Waals surface area contributed by atoms with Gasteiger partial charge in [-0.05, 0) is 0 Å². The lowest BCUT2D eigenvalue weighted by atomic mass is 9.96. The van der Waals surface area contributed by atoms with Gasteiger partial charge in [0.2, 0.25) is 0 Å². The molecule has 0 radical (unpaired) electrons. The number of methoxy groups -OCH3 is 4. The summed E-state index contributed by atoms with van der Waals surface area (Å²) in [4.78, 5) is 0. The highest BCUT2D eigenvalue weighted by Crippen LogP contribution is 2.14. The molecule has 0 aliphatic rings. The van der Waals surface area contributed by atoms with Crippen molar-refractivity contribution in [3.63, 3.8) is 0 Å². The van der Waals surface area contributed by atoms with E-state index in [1.165, 1.54) is 0 Å².